The molecule has 8 heteroatoms. The lowest BCUT2D eigenvalue weighted by atomic mass is 10.2. The smallest absolute Gasteiger partial charge is 0.337 e. The number of hydrogen-bond acceptors (Lipinski definition) is 3. The van der Waals surface area contributed by atoms with Crippen molar-refractivity contribution in [2.45, 2.75) is 11.4 Å². The monoisotopic (exact) mass is 397 g/mol. The van der Waals surface area contributed by atoms with Crippen LogP contribution in [-0.2, 0) is 16.4 Å². The lowest BCUT2D eigenvalue weighted by Crippen LogP contribution is -2.00. The van der Waals surface area contributed by atoms with Crippen LogP contribution in [0.5, 0.6) is 0 Å². The van der Waals surface area contributed by atoms with Crippen LogP contribution in [0.1, 0.15) is 15.9 Å². The molecule has 25 heavy (non-hydrogen) atoms. The number of carbonyl (C=O) groups is 1. The van der Waals surface area contributed by atoms with Gasteiger partial charge in [-0.05, 0) is 29.8 Å². The van der Waals surface area contributed by atoms with Gasteiger partial charge in [0.2, 0.25) is 0 Å². The Morgan fingerprint density at radius 1 is 1.12 bits per heavy atom. The molecule has 0 aliphatic rings. The molecule has 0 radical (unpaired) electrons. The number of halogens is 2. The first-order valence-electron chi connectivity index (χ1n) is 7.17. The highest BCUT2D eigenvalue weighted by molar-refractivity contribution is 7.90. The number of benzene rings is 2. The second-order valence-electron chi connectivity index (χ2n) is 5.68. The zero-order valence-corrected chi connectivity index (χ0v) is 15.4. The minimum atomic E-state index is -3.41. The quantitative estimate of drug-likeness (QED) is 0.718. The van der Waals surface area contributed by atoms with E-state index in [1.165, 1.54) is 24.4 Å². The van der Waals surface area contributed by atoms with Crippen molar-refractivity contribution in [3.63, 3.8) is 0 Å². The highest BCUT2D eigenvalue weighted by Gasteiger charge is 2.17. The van der Waals surface area contributed by atoms with Gasteiger partial charge >= 0.3 is 5.97 Å². The van der Waals surface area contributed by atoms with Crippen LogP contribution in [0.4, 0.5) is 0 Å². The minimum absolute atomic E-state index is 0.107. The first kappa shape index (κ1) is 17.8. The van der Waals surface area contributed by atoms with Crippen LogP contribution in [0.25, 0.3) is 10.9 Å². The normalized spacial score (nSPS) is 11.8. The van der Waals surface area contributed by atoms with Gasteiger partial charge in [-0.15, -0.1) is 0 Å². The number of rotatable bonds is 4. The topological polar surface area (TPSA) is 76.4 Å². The number of aromatic carboxylic acids is 1. The van der Waals surface area contributed by atoms with Gasteiger partial charge in [0.25, 0.3) is 0 Å². The van der Waals surface area contributed by atoms with E-state index in [0.29, 0.717) is 27.5 Å². The predicted octanol–water partition coefficient (Wildman–Crippen LogP) is 4.10. The number of nitrogens with zero attached hydrogens (tertiary/aromatic N) is 1. The molecule has 0 spiro atoms. The molecule has 0 aliphatic heterocycles. The Kier molecular flexibility index (Phi) is 4.53. The van der Waals surface area contributed by atoms with Gasteiger partial charge in [-0.2, -0.15) is 0 Å². The van der Waals surface area contributed by atoms with Crippen molar-refractivity contribution in [1.82, 2.24) is 4.57 Å². The third kappa shape index (κ3) is 3.51. The third-order valence-corrected chi connectivity index (χ3v) is 5.70. The Hall–Kier alpha value is -2.02. The molecule has 0 bridgehead atoms. The van der Waals surface area contributed by atoms with E-state index in [4.69, 9.17) is 23.2 Å². The maximum atomic E-state index is 11.8. The van der Waals surface area contributed by atoms with Crippen molar-refractivity contribution in [3.05, 3.63) is 63.8 Å². The number of hydrogen-bond donors (Lipinski definition) is 1. The molecule has 0 unspecified atom stereocenters. The summed E-state index contributed by atoms with van der Waals surface area (Å²) in [6.45, 7) is 0.327. The van der Waals surface area contributed by atoms with Crippen LogP contribution in [0.2, 0.25) is 10.0 Å². The van der Waals surface area contributed by atoms with E-state index >= 15 is 0 Å². The molecule has 0 atom stereocenters. The Morgan fingerprint density at radius 3 is 2.44 bits per heavy atom. The minimum Gasteiger partial charge on any atom is -0.478 e. The van der Waals surface area contributed by atoms with Crippen molar-refractivity contribution >= 4 is 49.9 Å². The predicted molar refractivity (Wildman–Crippen MR) is 97.6 cm³/mol. The summed E-state index contributed by atoms with van der Waals surface area (Å²) in [6, 6.07) is 9.53. The van der Waals surface area contributed by atoms with Gasteiger partial charge in [0.15, 0.2) is 9.84 Å². The molecule has 2 aromatic carbocycles. The largest absolute Gasteiger partial charge is 0.478 e. The Bertz CT molecular complexity index is 1100. The summed E-state index contributed by atoms with van der Waals surface area (Å²) in [5.74, 6) is -1.08. The van der Waals surface area contributed by atoms with E-state index in [9.17, 15) is 18.3 Å². The van der Waals surface area contributed by atoms with Gasteiger partial charge < -0.3 is 9.67 Å². The van der Waals surface area contributed by atoms with Gasteiger partial charge in [0.1, 0.15) is 0 Å². The van der Waals surface area contributed by atoms with Crippen LogP contribution in [0, 0.1) is 0 Å². The van der Waals surface area contributed by atoms with Crippen molar-refractivity contribution in [2.75, 3.05) is 6.26 Å². The molecule has 1 aromatic heterocycles. The van der Waals surface area contributed by atoms with E-state index in [-0.39, 0.29) is 10.5 Å². The van der Waals surface area contributed by atoms with E-state index in [2.05, 4.69) is 0 Å². The fraction of sp³-hybridized carbons (Fsp3) is 0.118. The molecule has 0 saturated carbocycles. The molecule has 0 saturated heterocycles. The molecule has 3 rings (SSSR count). The second kappa shape index (κ2) is 6.37. The van der Waals surface area contributed by atoms with E-state index in [1.807, 2.05) is 0 Å². The van der Waals surface area contributed by atoms with E-state index in [0.717, 1.165) is 11.8 Å². The van der Waals surface area contributed by atoms with Gasteiger partial charge in [-0.1, -0.05) is 35.3 Å². The average molecular weight is 398 g/mol. The summed E-state index contributed by atoms with van der Waals surface area (Å²) < 4.78 is 25.3. The number of carboxylic acids is 1. The molecule has 0 aliphatic carbocycles. The molecule has 130 valence electrons. The first-order valence-corrected chi connectivity index (χ1v) is 9.82. The maximum Gasteiger partial charge on any atom is 0.337 e. The SMILES string of the molecule is CS(=O)(=O)c1ccc2c(C(=O)O)cn(Cc3ccc(Cl)c(Cl)c3)c2c1. The average Bonchev–Trinajstić information content (AvgIpc) is 2.88. The van der Waals surface area contributed by atoms with Gasteiger partial charge in [0, 0.05) is 24.4 Å². The Balaban J connectivity index is 2.18. The Labute approximate surface area is 154 Å². The highest BCUT2D eigenvalue weighted by Crippen LogP contribution is 2.27. The molecule has 5 nitrogen and oxygen atoms in total. The Morgan fingerprint density at radius 2 is 1.84 bits per heavy atom. The molecule has 0 amide bonds. The molecular formula is C17H13Cl2NO4S. The van der Waals surface area contributed by atoms with Gasteiger partial charge in [0.05, 0.1) is 26.0 Å². The van der Waals surface area contributed by atoms with Crippen molar-refractivity contribution in [3.8, 4) is 0 Å². The summed E-state index contributed by atoms with van der Waals surface area (Å²) in [7, 11) is -3.41. The number of fused-ring (bicyclic) bond motifs is 1. The summed E-state index contributed by atoms with van der Waals surface area (Å²) in [5.41, 5.74) is 1.44. The maximum absolute atomic E-state index is 11.8. The van der Waals surface area contributed by atoms with Crippen LogP contribution >= 0.6 is 23.2 Å². The van der Waals surface area contributed by atoms with Crippen LogP contribution in [0.15, 0.2) is 47.5 Å². The number of carboxylic acid groups (broad SMARTS) is 1. The molecule has 3 aromatic rings. The van der Waals surface area contributed by atoms with Crippen molar-refractivity contribution in [1.29, 1.82) is 0 Å². The molecule has 1 N–H and O–H groups in total. The van der Waals surface area contributed by atoms with E-state index in [1.54, 1.807) is 22.8 Å². The zero-order valence-electron chi connectivity index (χ0n) is 13.0. The number of sulfone groups is 1. The molecule has 1 heterocycles. The van der Waals surface area contributed by atoms with Gasteiger partial charge in [-0.3, -0.25) is 0 Å². The third-order valence-electron chi connectivity index (χ3n) is 3.85. The zero-order chi connectivity index (χ0) is 18.4. The second-order valence-corrected chi connectivity index (χ2v) is 8.51. The summed E-state index contributed by atoms with van der Waals surface area (Å²) in [5, 5.41) is 10.7. The highest BCUT2D eigenvalue weighted by atomic mass is 35.5. The number of aromatic nitrogens is 1. The van der Waals surface area contributed by atoms with Crippen LogP contribution < -0.4 is 0 Å². The van der Waals surface area contributed by atoms with Crippen molar-refractivity contribution < 1.29 is 18.3 Å². The lowest BCUT2D eigenvalue weighted by molar-refractivity contribution is 0.0699. The van der Waals surface area contributed by atoms with Crippen molar-refractivity contribution in [2.24, 2.45) is 0 Å². The first-order chi connectivity index (χ1) is 11.7. The molecule has 0 fully saturated rings. The summed E-state index contributed by atoms with van der Waals surface area (Å²) in [6.07, 6.45) is 2.60. The van der Waals surface area contributed by atoms with Gasteiger partial charge in [-0.25, -0.2) is 13.2 Å². The van der Waals surface area contributed by atoms with Crippen LogP contribution in [0.3, 0.4) is 0 Å². The summed E-state index contributed by atoms with van der Waals surface area (Å²) >= 11 is 11.9. The van der Waals surface area contributed by atoms with Crippen LogP contribution in [-0.4, -0.2) is 30.3 Å². The standard InChI is InChI=1S/C17H13Cl2NO4S/c1-25(23,24)11-3-4-12-13(17(21)22)9-20(16(12)7-11)8-10-2-5-14(18)15(19)6-10/h2-7,9H,8H2,1H3,(H,21,22). The lowest BCUT2D eigenvalue weighted by Gasteiger charge is -2.08. The molecular weight excluding hydrogens is 385 g/mol. The fourth-order valence-corrected chi connectivity index (χ4v) is 3.60. The van der Waals surface area contributed by atoms with E-state index < -0.39 is 15.8 Å². The fourth-order valence-electron chi connectivity index (χ4n) is 2.64. The summed E-state index contributed by atoms with van der Waals surface area (Å²) in [4.78, 5) is 11.6.